The molecular formula is C28H30N4O3. The van der Waals surface area contributed by atoms with Gasteiger partial charge in [0.15, 0.2) is 17.2 Å². The van der Waals surface area contributed by atoms with Crippen molar-refractivity contribution in [2.24, 2.45) is 4.99 Å². The zero-order valence-electron chi connectivity index (χ0n) is 20.3. The average molecular weight is 471 g/mol. The van der Waals surface area contributed by atoms with Crippen molar-refractivity contribution in [2.45, 2.75) is 26.4 Å². The Balaban J connectivity index is 1.36. The van der Waals surface area contributed by atoms with E-state index in [1.807, 2.05) is 59.5 Å². The smallest absolute Gasteiger partial charge is 0.318 e. The number of rotatable bonds is 3. The number of ether oxygens (including phenoxy) is 2. The fourth-order valence-electron chi connectivity index (χ4n) is 4.67. The molecule has 7 nitrogen and oxygen atoms in total. The quantitative estimate of drug-likeness (QED) is 0.578. The molecule has 1 saturated heterocycles. The molecule has 0 radical (unpaired) electrons. The summed E-state index contributed by atoms with van der Waals surface area (Å²) in [6.45, 7) is 6.57. The summed E-state index contributed by atoms with van der Waals surface area (Å²) in [6.07, 6.45) is 0. The molecule has 2 aliphatic heterocycles. The van der Waals surface area contributed by atoms with Crippen LogP contribution in [0.1, 0.15) is 23.6 Å². The number of hydrogen-bond donors (Lipinski definition) is 1. The molecule has 5 rings (SSSR count). The third-order valence-corrected chi connectivity index (χ3v) is 6.46. The number of methoxy groups -OCH3 is 1. The Morgan fingerprint density at radius 1 is 1.11 bits per heavy atom. The van der Waals surface area contributed by atoms with Crippen LogP contribution in [0.3, 0.4) is 0 Å². The summed E-state index contributed by atoms with van der Waals surface area (Å²) < 4.78 is 11.9. The highest BCUT2D eigenvalue weighted by Gasteiger charge is 2.32. The molecule has 0 aliphatic carbocycles. The van der Waals surface area contributed by atoms with Crippen LogP contribution < -0.4 is 14.8 Å². The van der Waals surface area contributed by atoms with E-state index in [4.69, 9.17) is 14.5 Å². The maximum Gasteiger partial charge on any atom is 0.318 e. The molecule has 1 N–H and O–H groups in total. The average Bonchev–Trinajstić information content (AvgIpc) is 3.04. The van der Waals surface area contributed by atoms with Gasteiger partial charge in [0.1, 0.15) is 11.5 Å². The molecule has 1 atom stereocenters. The van der Waals surface area contributed by atoms with E-state index in [1.165, 1.54) is 5.56 Å². The highest BCUT2D eigenvalue weighted by atomic mass is 16.5. The molecule has 1 fully saturated rings. The van der Waals surface area contributed by atoms with Crippen LogP contribution in [-0.2, 0) is 6.54 Å². The van der Waals surface area contributed by atoms with Gasteiger partial charge in [0.25, 0.3) is 0 Å². The van der Waals surface area contributed by atoms with Crippen LogP contribution in [0.15, 0.2) is 71.7 Å². The first-order valence-corrected chi connectivity index (χ1v) is 11.9. The van der Waals surface area contributed by atoms with Gasteiger partial charge in [-0.25, -0.2) is 9.79 Å². The Labute approximate surface area is 206 Å². The number of urea groups is 1. The second kappa shape index (κ2) is 9.70. The maximum absolute atomic E-state index is 13.0. The van der Waals surface area contributed by atoms with Gasteiger partial charge in [-0.05, 0) is 43.7 Å². The van der Waals surface area contributed by atoms with Crippen LogP contribution in [0, 0.1) is 6.92 Å². The molecule has 0 aromatic heterocycles. The van der Waals surface area contributed by atoms with Gasteiger partial charge < -0.3 is 24.6 Å². The first-order chi connectivity index (χ1) is 17.0. The van der Waals surface area contributed by atoms with Crippen molar-refractivity contribution in [3.8, 4) is 17.2 Å². The summed E-state index contributed by atoms with van der Waals surface area (Å²) >= 11 is 0. The van der Waals surface area contributed by atoms with Gasteiger partial charge in [0, 0.05) is 32.2 Å². The van der Waals surface area contributed by atoms with E-state index in [-0.39, 0.29) is 12.1 Å². The first-order valence-electron chi connectivity index (χ1n) is 11.9. The second-order valence-corrected chi connectivity index (χ2v) is 8.98. The standard InChI is InChI=1S/C28H30N4O3/c1-19-8-6-9-21(16-19)17-29-28(33)32-15-14-31(18-20(32)2)27-22-10-7-13-25(34-3)26(22)35-24-12-5-4-11-23(24)30-27/h4-13,16,20H,14-15,17-18H2,1-3H3,(H,29,33). The van der Waals surface area contributed by atoms with Crippen LogP contribution in [0.4, 0.5) is 10.5 Å². The van der Waals surface area contributed by atoms with Crippen molar-refractivity contribution in [1.82, 2.24) is 15.1 Å². The van der Waals surface area contributed by atoms with Crippen LogP contribution in [0.25, 0.3) is 0 Å². The highest BCUT2D eigenvalue weighted by Crippen LogP contribution is 2.42. The number of hydrogen-bond acceptors (Lipinski definition) is 5. The number of benzene rings is 3. The van der Waals surface area contributed by atoms with Gasteiger partial charge in [-0.1, -0.05) is 48.0 Å². The minimum Gasteiger partial charge on any atom is -0.493 e. The number of amidine groups is 1. The minimum atomic E-state index is -0.0443. The van der Waals surface area contributed by atoms with Crippen molar-refractivity contribution in [1.29, 1.82) is 0 Å². The number of fused-ring (bicyclic) bond motifs is 2. The SMILES string of the molecule is COc1cccc2c1Oc1ccccc1N=C2N1CCN(C(=O)NCc2cccc(C)c2)C(C)C1. The number of para-hydroxylation sites is 3. The van der Waals surface area contributed by atoms with Crippen molar-refractivity contribution >= 4 is 17.6 Å². The predicted octanol–water partition coefficient (Wildman–Crippen LogP) is 5.10. The lowest BCUT2D eigenvalue weighted by Gasteiger charge is -2.41. The Kier molecular flexibility index (Phi) is 6.31. The molecule has 3 aromatic carbocycles. The molecule has 2 heterocycles. The van der Waals surface area contributed by atoms with E-state index >= 15 is 0 Å². The number of aliphatic imine (C=N–C) groups is 1. The highest BCUT2D eigenvalue weighted by molar-refractivity contribution is 6.04. The van der Waals surface area contributed by atoms with E-state index < -0.39 is 0 Å². The molecule has 7 heteroatoms. The number of nitrogens with zero attached hydrogens (tertiary/aromatic N) is 3. The molecule has 180 valence electrons. The number of carbonyl (C=O) groups excluding carboxylic acids is 1. The fourth-order valence-corrected chi connectivity index (χ4v) is 4.67. The van der Waals surface area contributed by atoms with Gasteiger partial charge in [0.2, 0.25) is 0 Å². The second-order valence-electron chi connectivity index (χ2n) is 8.98. The molecule has 3 aromatic rings. The van der Waals surface area contributed by atoms with Gasteiger partial charge in [-0.3, -0.25) is 0 Å². The van der Waals surface area contributed by atoms with Crippen molar-refractivity contribution in [3.05, 3.63) is 83.4 Å². The number of piperazine rings is 1. The van der Waals surface area contributed by atoms with E-state index in [0.29, 0.717) is 43.4 Å². The Hall–Kier alpha value is -4.00. The number of amides is 2. The van der Waals surface area contributed by atoms with Crippen molar-refractivity contribution < 1.29 is 14.3 Å². The minimum absolute atomic E-state index is 0.0115. The summed E-state index contributed by atoms with van der Waals surface area (Å²) in [4.78, 5) is 22.1. The Bertz CT molecular complexity index is 1270. The first kappa shape index (κ1) is 22.8. The molecular weight excluding hydrogens is 440 g/mol. The number of aryl methyl sites for hydroxylation is 1. The molecule has 2 aliphatic rings. The van der Waals surface area contributed by atoms with Gasteiger partial charge in [-0.2, -0.15) is 0 Å². The zero-order chi connectivity index (χ0) is 24.4. The van der Waals surface area contributed by atoms with Crippen molar-refractivity contribution in [2.75, 3.05) is 26.7 Å². The van der Waals surface area contributed by atoms with Crippen LogP contribution in [0.5, 0.6) is 17.2 Å². The van der Waals surface area contributed by atoms with Gasteiger partial charge >= 0.3 is 6.03 Å². The molecule has 1 unspecified atom stereocenters. The summed E-state index contributed by atoms with van der Waals surface area (Å²) in [5, 5.41) is 3.08. The number of carbonyl (C=O) groups is 1. The number of nitrogens with one attached hydrogen (secondary N) is 1. The topological polar surface area (TPSA) is 66.4 Å². The van der Waals surface area contributed by atoms with Crippen molar-refractivity contribution in [3.63, 3.8) is 0 Å². The molecule has 0 spiro atoms. The van der Waals surface area contributed by atoms with E-state index in [2.05, 4.69) is 36.2 Å². The van der Waals surface area contributed by atoms with Gasteiger partial charge in [-0.15, -0.1) is 0 Å². The van der Waals surface area contributed by atoms with E-state index in [0.717, 1.165) is 22.6 Å². The zero-order valence-corrected chi connectivity index (χ0v) is 20.3. The summed E-state index contributed by atoms with van der Waals surface area (Å²) in [5.41, 5.74) is 3.93. The Morgan fingerprint density at radius 2 is 1.94 bits per heavy atom. The van der Waals surface area contributed by atoms with Crippen LogP contribution >= 0.6 is 0 Å². The van der Waals surface area contributed by atoms with E-state index in [9.17, 15) is 4.79 Å². The lowest BCUT2D eigenvalue weighted by Crippen LogP contribution is -2.57. The summed E-state index contributed by atoms with van der Waals surface area (Å²) in [5.74, 6) is 2.84. The monoisotopic (exact) mass is 470 g/mol. The van der Waals surface area contributed by atoms with Gasteiger partial charge in [0.05, 0.1) is 12.7 Å². The predicted molar refractivity (Wildman–Crippen MR) is 137 cm³/mol. The fraction of sp³-hybridized carbons (Fsp3) is 0.286. The lowest BCUT2D eigenvalue weighted by atomic mass is 10.1. The summed E-state index contributed by atoms with van der Waals surface area (Å²) in [7, 11) is 1.64. The maximum atomic E-state index is 13.0. The van der Waals surface area contributed by atoms with E-state index in [1.54, 1.807) is 7.11 Å². The molecule has 0 bridgehead atoms. The lowest BCUT2D eigenvalue weighted by molar-refractivity contribution is 0.134. The molecule has 0 saturated carbocycles. The third kappa shape index (κ3) is 4.67. The normalized spacial score (nSPS) is 16.9. The largest absolute Gasteiger partial charge is 0.493 e. The third-order valence-electron chi connectivity index (χ3n) is 6.46. The van der Waals surface area contributed by atoms with Crippen LogP contribution in [0.2, 0.25) is 0 Å². The van der Waals surface area contributed by atoms with Crippen LogP contribution in [-0.4, -0.2) is 54.5 Å². The molecule has 35 heavy (non-hydrogen) atoms. The molecule has 2 amide bonds. The summed E-state index contributed by atoms with van der Waals surface area (Å²) in [6, 6.07) is 21.8. The Morgan fingerprint density at radius 3 is 2.74 bits per heavy atom.